The van der Waals surface area contributed by atoms with Gasteiger partial charge in [0.1, 0.15) is 0 Å². The monoisotopic (exact) mass is 109 g/mol. The maximum atomic E-state index is 7.42. The molecule has 0 aromatic heterocycles. The summed E-state index contributed by atoms with van der Waals surface area (Å²) >= 11 is 0. The lowest BCUT2D eigenvalue weighted by molar-refractivity contribution is 0.758. The third-order valence-electron chi connectivity index (χ3n) is 1.22. The molecule has 0 saturated heterocycles. The fourth-order valence-corrected chi connectivity index (χ4v) is 0.760. The van der Waals surface area contributed by atoms with Gasteiger partial charge in [-0.1, -0.05) is 24.3 Å². The van der Waals surface area contributed by atoms with Crippen LogP contribution in [0.5, 0.6) is 0 Å². The van der Waals surface area contributed by atoms with Crippen LogP contribution < -0.4 is 0 Å². The van der Waals surface area contributed by atoms with Crippen LogP contribution in [-0.4, -0.2) is 0 Å². The van der Waals surface area contributed by atoms with Gasteiger partial charge in [-0.15, -0.1) is 0 Å². The Morgan fingerprint density at radius 2 is 1.88 bits per heavy atom. The minimum Gasteiger partial charge on any atom is -0.0845 e. The summed E-state index contributed by atoms with van der Waals surface area (Å²) in [7, 11) is 0. The number of hydrogen-bond acceptors (Lipinski definition) is 0. The maximum Gasteiger partial charge on any atom is 0.0270 e. The van der Waals surface area contributed by atoms with E-state index in [1.54, 1.807) is 0 Å². The van der Waals surface area contributed by atoms with Crippen molar-refractivity contribution in [2.45, 2.75) is 25.7 Å². The summed E-state index contributed by atoms with van der Waals surface area (Å²) in [5.41, 5.74) is 0. The van der Waals surface area contributed by atoms with Gasteiger partial charge in [0, 0.05) is 1.37 Å². The van der Waals surface area contributed by atoms with Crippen molar-refractivity contribution in [2.24, 2.45) is 0 Å². The lowest BCUT2D eigenvalue weighted by Crippen LogP contribution is -1.74. The number of hydrogen-bond donors (Lipinski definition) is 0. The zero-order valence-electron chi connectivity index (χ0n) is 6.01. The first-order valence-electron chi connectivity index (χ1n) is 3.71. The van der Waals surface area contributed by atoms with E-state index in [9.17, 15) is 0 Å². The molecule has 0 amide bonds. The highest BCUT2D eigenvalue weighted by Crippen LogP contribution is 2.04. The zero-order valence-corrected chi connectivity index (χ0v) is 5.01. The average Bonchev–Trinajstić information content (AvgIpc) is 1.79. The Morgan fingerprint density at radius 3 is 2.75 bits per heavy atom. The molecule has 0 heterocycles. The predicted molar refractivity (Wildman–Crippen MR) is 36.7 cm³/mol. The highest BCUT2D eigenvalue weighted by molar-refractivity contribution is 5.03. The minimum absolute atomic E-state index is 0.131. The molecule has 0 spiro atoms. The molecule has 1 aliphatic carbocycles. The van der Waals surface area contributed by atoms with Crippen LogP contribution in [0, 0.1) is 0 Å². The van der Waals surface area contributed by atoms with E-state index in [1.807, 2.05) is 6.08 Å². The van der Waals surface area contributed by atoms with E-state index in [0.717, 1.165) is 19.3 Å². The van der Waals surface area contributed by atoms with Crippen molar-refractivity contribution in [3.63, 3.8) is 0 Å². The van der Waals surface area contributed by atoms with E-state index in [2.05, 4.69) is 18.2 Å². The molecule has 8 heavy (non-hydrogen) atoms. The van der Waals surface area contributed by atoms with Gasteiger partial charge in [-0.3, -0.25) is 0 Å². The van der Waals surface area contributed by atoms with Crippen molar-refractivity contribution in [3.8, 4) is 0 Å². The third-order valence-corrected chi connectivity index (χ3v) is 1.22. The molecule has 44 valence electrons. The van der Waals surface area contributed by atoms with Crippen LogP contribution in [-0.2, 0) is 0 Å². The largest absolute Gasteiger partial charge is 0.0845 e. The van der Waals surface area contributed by atoms with Gasteiger partial charge in [0.2, 0.25) is 0 Å². The Bertz CT molecular complexity index is 125. The van der Waals surface area contributed by atoms with E-state index < -0.39 is 0 Å². The third kappa shape index (κ3) is 1.97. The molecule has 0 nitrogen and oxygen atoms in total. The smallest absolute Gasteiger partial charge is 0.0270 e. The lowest BCUT2D eigenvalue weighted by atomic mass is 10.1. The number of rotatable bonds is 0. The Morgan fingerprint density at radius 1 is 1.12 bits per heavy atom. The van der Waals surface area contributed by atoms with Crippen molar-refractivity contribution >= 4 is 0 Å². The van der Waals surface area contributed by atoms with E-state index >= 15 is 0 Å². The first-order valence-corrected chi connectivity index (χ1v) is 3.13. The van der Waals surface area contributed by atoms with Crippen molar-refractivity contribution in [1.29, 1.82) is 0 Å². The molecule has 1 atom stereocenters. The Labute approximate surface area is 52.3 Å². The first-order chi connectivity index (χ1) is 4.39. The van der Waals surface area contributed by atoms with E-state index in [4.69, 9.17) is 1.37 Å². The second kappa shape index (κ2) is 3.48. The molecule has 0 bridgehead atoms. The van der Waals surface area contributed by atoms with Gasteiger partial charge in [-0.25, -0.2) is 0 Å². The standard InChI is InChI=1S/C8H12/c1-2-4-6-8-7-5-3-1/h1-4H,5-8H2/b3-1-,4-2-/i7D. The Kier molecular flexibility index (Phi) is 1.90. The van der Waals surface area contributed by atoms with Gasteiger partial charge in [-0.05, 0) is 25.7 Å². The zero-order chi connectivity index (χ0) is 6.53. The summed E-state index contributed by atoms with van der Waals surface area (Å²) in [4.78, 5) is 0. The van der Waals surface area contributed by atoms with Gasteiger partial charge in [0.15, 0.2) is 0 Å². The van der Waals surface area contributed by atoms with Crippen LogP contribution in [0.15, 0.2) is 24.3 Å². The molecule has 0 aromatic carbocycles. The highest BCUT2D eigenvalue weighted by Gasteiger charge is 1.84. The minimum atomic E-state index is 0.131. The van der Waals surface area contributed by atoms with Crippen LogP contribution in [0.2, 0.25) is 0 Å². The van der Waals surface area contributed by atoms with Gasteiger partial charge in [0.05, 0.1) is 0 Å². The van der Waals surface area contributed by atoms with E-state index in [-0.39, 0.29) is 6.40 Å². The maximum absolute atomic E-state index is 7.42. The molecule has 0 radical (unpaired) electrons. The normalized spacial score (nSPS) is 39.0. The fraction of sp³-hybridized carbons (Fsp3) is 0.500. The quantitative estimate of drug-likeness (QED) is 0.448. The molecule has 1 unspecified atom stereocenters. The second-order valence-electron chi connectivity index (χ2n) is 1.96. The fourth-order valence-electron chi connectivity index (χ4n) is 0.760. The topological polar surface area (TPSA) is 0 Å². The van der Waals surface area contributed by atoms with Gasteiger partial charge in [-0.2, -0.15) is 0 Å². The molecular formula is C8H12. The van der Waals surface area contributed by atoms with Crippen LogP contribution in [0.3, 0.4) is 0 Å². The SMILES string of the molecule is [2H]C1C/C=C\C=C/CC1. The van der Waals surface area contributed by atoms with Crippen LogP contribution in [0.25, 0.3) is 0 Å². The molecule has 0 heteroatoms. The summed E-state index contributed by atoms with van der Waals surface area (Å²) in [6, 6.07) is 0. The second-order valence-corrected chi connectivity index (χ2v) is 1.96. The van der Waals surface area contributed by atoms with Crippen molar-refractivity contribution in [2.75, 3.05) is 0 Å². The number of allylic oxidation sites excluding steroid dienone is 4. The summed E-state index contributed by atoms with van der Waals surface area (Å²) in [6.07, 6.45) is 11.4. The lowest BCUT2D eigenvalue weighted by Gasteiger charge is -1.94. The van der Waals surface area contributed by atoms with E-state index in [1.165, 1.54) is 0 Å². The molecule has 0 aliphatic heterocycles. The Hall–Kier alpha value is -0.520. The van der Waals surface area contributed by atoms with Crippen molar-refractivity contribution < 1.29 is 1.37 Å². The summed E-state index contributed by atoms with van der Waals surface area (Å²) in [5, 5.41) is 0. The summed E-state index contributed by atoms with van der Waals surface area (Å²) in [6.45, 7) is 0. The molecule has 1 rings (SSSR count). The van der Waals surface area contributed by atoms with Gasteiger partial charge < -0.3 is 0 Å². The molecular weight excluding hydrogens is 96.1 g/mol. The molecule has 0 fully saturated rings. The van der Waals surface area contributed by atoms with Crippen LogP contribution in [0.4, 0.5) is 0 Å². The highest BCUT2D eigenvalue weighted by atomic mass is 13.9. The molecule has 0 saturated carbocycles. The molecule has 1 aliphatic rings. The Balaban J connectivity index is 2.40. The summed E-state index contributed by atoms with van der Waals surface area (Å²) in [5.74, 6) is 0. The van der Waals surface area contributed by atoms with Gasteiger partial charge in [0.25, 0.3) is 0 Å². The predicted octanol–water partition coefficient (Wildman–Crippen LogP) is 2.67. The molecule has 0 aromatic rings. The van der Waals surface area contributed by atoms with Gasteiger partial charge >= 0.3 is 0 Å². The first kappa shape index (κ1) is 4.37. The molecule has 0 N–H and O–H groups in total. The van der Waals surface area contributed by atoms with Crippen LogP contribution in [0.1, 0.15) is 27.0 Å². The van der Waals surface area contributed by atoms with Crippen LogP contribution >= 0.6 is 0 Å². The van der Waals surface area contributed by atoms with Crippen molar-refractivity contribution in [1.82, 2.24) is 0 Å². The van der Waals surface area contributed by atoms with Crippen molar-refractivity contribution in [3.05, 3.63) is 24.3 Å². The summed E-state index contributed by atoms with van der Waals surface area (Å²) < 4.78 is 7.42. The average molecular weight is 109 g/mol. The van der Waals surface area contributed by atoms with E-state index in [0.29, 0.717) is 0 Å².